The van der Waals surface area contributed by atoms with Crippen LogP contribution < -0.4 is 5.73 Å². The molecule has 2 atom stereocenters. The number of anilines is 1. The molecule has 0 saturated heterocycles. The quantitative estimate of drug-likeness (QED) is 0.438. The lowest BCUT2D eigenvalue weighted by Gasteiger charge is -2.38. The average Bonchev–Trinajstić information content (AvgIpc) is 2.63. The van der Waals surface area contributed by atoms with Crippen molar-refractivity contribution in [2.24, 2.45) is 11.8 Å². The van der Waals surface area contributed by atoms with Gasteiger partial charge in [0.25, 0.3) is 0 Å². The third-order valence-electron chi connectivity index (χ3n) is 5.72. The van der Waals surface area contributed by atoms with E-state index in [1.807, 2.05) is 6.92 Å². The Morgan fingerprint density at radius 3 is 2.21 bits per heavy atom. The second-order valence-electron chi connectivity index (χ2n) is 8.83. The third-order valence-corrected chi connectivity index (χ3v) is 6.58. The van der Waals surface area contributed by atoms with Crippen molar-refractivity contribution < 1.29 is 19.1 Å². The van der Waals surface area contributed by atoms with Gasteiger partial charge in [-0.15, -0.1) is 0 Å². The number of nitrogens with two attached hydrogens (primary N) is 1. The second kappa shape index (κ2) is 6.20. The van der Waals surface area contributed by atoms with Crippen LogP contribution in [0.25, 0.3) is 10.8 Å². The van der Waals surface area contributed by atoms with E-state index in [2.05, 4.69) is 19.6 Å². The van der Waals surface area contributed by atoms with Crippen LogP contribution >= 0.6 is 0 Å². The SMILES string of the molecule is CC1=C(O[Si](C)(C)C)C[C@H]2C(=O)c3c(c(N)c4ccccc4c3O)C(=O)[C@H]2C1. The predicted molar refractivity (Wildman–Crippen MR) is 112 cm³/mol. The maximum Gasteiger partial charge on any atom is 0.241 e. The molecule has 0 radical (unpaired) electrons. The number of Topliss-reactive ketones (excluding diaryl/α,β-unsaturated/α-hetero) is 2. The number of phenolic OH excluding ortho intramolecular Hbond substituents is 1. The number of carbonyl (C=O) groups excluding carboxylic acids is 2. The number of allylic oxidation sites excluding steroid dienone is 2. The standard InChI is InChI=1S/C22H25NO4Si/c1-11-9-14-15(10-16(11)27-28(2,3)4)22(26)18-17(21(14)25)19(23)12-7-5-6-8-13(12)20(18)24/h5-8,14-15,24H,9-10,23H2,1-4H3/t14-,15+/m0/s1. The summed E-state index contributed by atoms with van der Waals surface area (Å²) >= 11 is 0. The Balaban J connectivity index is 1.87. The molecule has 0 heterocycles. The number of aromatic hydroxyl groups is 1. The summed E-state index contributed by atoms with van der Waals surface area (Å²) in [6, 6.07) is 7.06. The van der Waals surface area contributed by atoms with Gasteiger partial charge in [-0.2, -0.15) is 0 Å². The molecule has 4 rings (SSSR count). The number of fused-ring (bicyclic) bond motifs is 3. The maximum absolute atomic E-state index is 13.4. The van der Waals surface area contributed by atoms with E-state index < -0.39 is 20.2 Å². The Labute approximate surface area is 165 Å². The van der Waals surface area contributed by atoms with Crippen LogP contribution in [0.4, 0.5) is 5.69 Å². The van der Waals surface area contributed by atoms with Gasteiger partial charge in [0, 0.05) is 29.0 Å². The molecule has 0 spiro atoms. The first-order valence-electron chi connectivity index (χ1n) is 9.59. The first-order chi connectivity index (χ1) is 13.1. The molecule has 28 heavy (non-hydrogen) atoms. The smallest absolute Gasteiger partial charge is 0.241 e. The Bertz CT molecular complexity index is 1060. The molecule has 6 heteroatoms. The molecule has 0 saturated carbocycles. The van der Waals surface area contributed by atoms with Gasteiger partial charge in [-0.3, -0.25) is 9.59 Å². The Hall–Kier alpha value is -2.60. The van der Waals surface area contributed by atoms with Crippen molar-refractivity contribution in [3.8, 4) is 5.75 Å². The van der Waals surface area contributed by atoms with Gasteiger partial charge in [-0.25, -0.2) is 0 Å². The van der Waals surface area contributed by atoms with E-state index in [0.29, 0.717) is 23.6 Å². The summed E-state index contributed by atoms with van der Waals surface area (Å²) in [6.45, 7) is 8.27. The molecular formula is C22H25NO4Si. The van der Waals surface area contributed by atoms with E-state index in [1.54, 1.807) is 24.3 Å². The van der Waals surface area contributed by atoms with Crippen LogP contribution in [0.3, 0.4) is 0 Å². The van der Waals surface area contributed by atoms with Crippen molar-refractivity contribution in [1.29, 1.82) is 0 Å². The van der Waals surface area contributed by atoms with Gasteiger partial charge in [-0.05, 0) is 38.6 Å². The monoisotopic (exact) mass is 395 g/mol. The minimum Gasteiger partial charge on any atom is -0.547 e. The molecule has 0 aliphatic heterocycles. The lowest BCUT2D eigenvalue weighted by molar-refractivity contribution is 0.0703. The fourth-order valence-electron chi connectivity index (χ4n) is 4.46. The van der Waals surface area contributed by atoms with Gasteiger partial charge in [0.1, 0.15) is 5.75 Å². The Kier molecular flexibility index (Phi) is 4.15. The molecule has 2 aliphatic rings. The lowest BCUT2D eigenvalue weighted by Crippen LogP contribution is -2.41. The van der Waals surface area contributed by atoms with Crippen molar-refractivity contribution in [2.75, 3.05) is 5.73 Å². The zero-order chi connectivity index (χ0) is 20.4. The maximum atomic E-state index is 13.4. The van der Waals surface area contributed by atoms with Crippen LogP contribution in [-0.2, 0) is 4.43 Å². The summed E-state index contributed by atoms with van der Waals surface area (Å²) < 4.78 is 6.20. The Morgan fingerprint density at radius 2 is 1.57 bits per heavy atom. The van der Waals surface area contributed by atoms with Crippen molar-refractivity contribution >= 4 is 36.3 Å². The number of phenols is 1. The van der Waals surface area contributed by atoms with Crippen LogP contribution in [-0.4, -0.2) is 25.0 Å². The van der Waals surface area contributed by atoms with Gasteiger partial charge < -0.3 is 15.3 Å². The van der Waals surface area contributed by atoms with E-state index in [4.69, 9.17) is 10.2 Å². The number of ketones is 2. The van der Waals surface area contributed by atoms with E-state index in [9.17, 15) is 14.7 Å². The van der Waals surface area contributed by atoms with Crippen LogP contribution in [0, 0.1) is 11.8 Å². The van der Waals surface area contributed by atoms with Crippen molar-refractivity contribution in [2.45, 2.75) is 39.4 Å². The summed E-state index contributed by atoms with van der Waals surface area (Å²) in [7, 11) is -1.83. The minimum atomic E-state index is -1.83. The highest BCUT2D eigenvalue weighted by Gasteiger charge is 2.47. The minimum absolute atomic E-state index is 0.0781. The highest BCUT2D eigenvalue weighted by atomic mass is 28.4. The van der Waals surface area contributed by atoms with Crippen LogP contribution in [0.2, 0.25) is 19.6 Å². The molecule has 2 aromatic carbocycles. The third kappa shape index (κ3) is 2.74. The molecule has 146 valence electrons. The van der Waals surface area contributed by atoms with Gasteiger partial charge in [0.2, 0.25) is 8.32 Å². The van der Waals surface area contributed by atoms with Crippen molar-refractivity contribution in [3.05, 3.63) is 46.7 Å². The van der Waals surface area contributed by atoms with Crippen molar-refractivity contribution in [1.82, 2.24) is 0 Å². The molecule has 0 amide bonds. The van der Waals surface area contributed by atoms with E-state index in [-0.39, 0.29) is 34.1 Å². The highest BCUT2D eigenvalue weighted by molar-refractivity contribution is 6.70. The molecule has 0 aromatic heterocycles. The fourth-order valence-corrected chi connectivity index (χ4v) is 5.46. The molecule has 3 N–H and O–H groups in total. The fraction of sp³-hybridized carbons (Fsp3) is 0.364. The normalized spacial score (nSPS) is 22.3. The van der Waals surface area contributed by atoms with Gasteiger partial charge in [-0.1, -0.05) is 24.3 Å². The first kappa shape index (κ1) is 18.7. The zero-order valence-corrected chi connectivity index (χ0v) is 17.6. The Morgan fingerprint density at radius 1 is 1.00 bits per heavy atom. The number of benzene rings is 2. The topological polar surface area (TPSA) is 89.6 Å². The second-order valence-corrected chi connectivity index (χ2v) is 13.3. The molecule has 0 bridgehead atoms. The number of hydrogen-bond donors (Lipinski definition) is 2. The summed E-state index contributed by atoms with van der Waals surface area (Å²) in [5, 5.41) is 11.9. The van der Waals surface area contributed by atoms with Crippen LogP contribution in [0.15, 0.2) is 35.6 Å². The largest absolute Gasteiger partial charge is 0.547 e. The highest BCUT2D eigenvalue weighted by Crippen LogP contribution is 2.48. The van der Waals surface area contributed by atoms with Crippen LogP contribution in [0.5, 0.6) is 5.75 Å². The molecule has 5 nitrogen and oxygen atoms in total. The number of rotatable bonds is 2. The molecule has 2 aromatic rings. The number of carbonyl (C=O) groups is 2. The number of hydrogen-bond acceptors (Lipinski definition) is 5. The lowest BCUT2D eigenvalue weighted by atomic mass is 9.66. The number of nitrogen functional groups attached to an aromatic ring is 1. The predicted octanol–water partition coefficient (Wildman–Crippen LogP) is 4.66. The molecular weight excluding hydrogens is 370 g/mol. The van der Waals surface area contributed by atoms with Gasteiger partial charge >= 0.3 is 0 Å². The van der Waals surface area contributed by atoms with Crippen molar-refractivity contribution in [3.63, 3.8) is 0 Å². The molecule has 2 aliphatic carbocycles. The van der Waals surface area contributed by atoms with Crippen LogP contribution in [0.1, 0.15) is 40.5 Å². The average molecular weight is 396 g/mol. The molecule has 0 fully saturated rings. The van der Waals surface area contributed by atoms with E-state index in [0.717, 1.165) is 11.3 Å². The summed E-state index contributed by atoms with van der Waals surface area (Å²) in [6.07, 6.45) is 0.887. The summed E-state index contributed by atoms with van der Waals surface area (Å²) in [5.74, 6) is -0.629. The first-order valence-corrected chi connectivity index (χ1v) is 13.0. The van der Waals surface area contributed by atoms with Gasteiger partial charge in [0.05, 0.1) is 22.6 Å². The van der Waals surface area contributed by atoms with E-state index >= 15 is 0 Å². The summed E-state index contributed by atoms with van der Waals surface area (Å²) in [4.78, 5) is 26.7. The summed E-state index contributed by atoms with van der Waals surface area (Å²) in [5.41, 5.74) is 7.88. The van der Waals surface area contributed by atoms with E-state index in [1.165, 1.54) is 0 Å². The molecule has 0 unspecified atom stereocenters. The zero-order valence-electron chi connectivity index (χ0n) is 16.6. The van der Waals surface area contributed by atoms with Gasteiger partial charge in [0.15, 0.2) is 11.6 Å².